The van der Waals surface area contributed by atoms with Gasteiger partial charge in [0.15, 0.2) is 9.84 Å². The first kappa shape index (κ1) is 12.0. The Morgan fingerprint density at radius 2 is 1.93 bits per heavy atom. The molecular formula is C10H21NO2S. The lowest BCUT2D eigenvalue weighted by Crippen LogP contribution is -2.51. The molecule has 1 N–H and O–H groups in total. The van der Waals surface area contributed by atoms with Crippen LogP contribution in [0.4, 0.5) is 0 Å². The van der Waals surface area contributed by atoms with Crippen molar-refractivity contribution in [3.8, 4) is 0 Å². The van der Waals surface area contributed by atoms with Gasteiger partial charge in [-0.1, -0.05) is 13.8 Å². The molecule has 0 saturated heterocycles. The summed E-state index contributed by atoms with van der Waals surface area (Å²) in [5.41, 5.74) is 0.267. The Bertz CT molecular complexity index is 262. The summed E-state index contributed by atoms with van der Waals surface area (Å²) < 4.78 is 22.5. The molecule has 14 heavy (non-hydrogen) atoms. The third kappa shape index (κ3) is 2.95. The van der Waals surface area contributed by atoms with Crippen molar-refractivity contribution in [1.29, 1.82) is 0 Å². The fourth-order valence-corrected chi connectivity index (χ4v) is 2.58. The molecule has 4 heteroatoms. The summed E-state index contributed by atoms with van der Waals surface area (Å²) >= 11 is 0. The third-order valence-corrected chi connectivity index (χ3v) is 5.05. The SMILES string of the molecule is CCC1(NCCS(=O)(=O)CC)CCC1. The van der Waals surface area contributed by atoms with E-state index in [1.165, 1.54) is 19.3 Å². The summed E-state index contributed by atoms with van der Waals surface area (Å²) in [6.45, 7) is 4.48. The molecule has 0 heterocycles. The van der Waals surface area contributed by atoms with Crippen LogP contribution in [0.15, 0.2) is 0 Å². The highest BCUT2D eigenvalue weighted by Crippen LogP contribution is 2.34. The zero-order chi connectivity index (χ0) is 10.7. The lowest BCUT2D eigenvalue weighted by Gasteiger charge is -2.42. The highest BCUT2D eigenvalue weighted by Gasteiger charge is 2.34. The van der Waals surface area contributed by atoms with Crippen LogP contribution in [0, 0.1) is 0 Å². The summed E-state index contributed by atoms with van der Waals surface area (Å²) in [7, 11) is -2.80. The predicted molar refractivity (Wildman–Crippen MR) is 59.2 cm³/mol. The van der Waals surface area contributed by atoms with Crippen molar-refractivity contribution >= 4 is 9.84 Å². The van der Waals surface area contributed by atoms with Gasteiger partial charge >= 0.3 is 0 Å². The molecule has 0 amide bonds. The molecule has 1 fully saturated rings. The van der Waals surface area contributed by atoms with Gasteiger partial charge < -0.3 is 5.32 Å². The Balaban J connectivity index is 2.27. The number of sulfone groups is 1. The van der Waals surface area contributed by atoms with Crippen LogP contribution in [0.1, 0.15) is 39.5 Å². The van der Waals surface area contributed by atoms with Crippen LogP contribution in [-0.2, 0) is 9.84 Å². The smallest absolute Gasteiger partial charge is 0.151 e. The van der Waals surface area contributed by atoms with E-state index in [9.17, 15) is 8.42 Å². The standard InChI is InChI=1S/C10H21NO2S/c1-3-10(6-5-7-10)11-8-9-14(12,13)4-2/h11H,3-9H2,1-2H3. The summed E-state index contributed by atoms with van der Waals surface area (Å²) in [5.74, 6) is 0.541. The molecule has 0 aromatic carbocycles. The molecule has 1 rings (SSSR count). The molecule has 0 radical (unpaired) electrons. The summed E-state index contributed by atoms with van der Waals surface area (Å²) in [6, 6.07) is 0. The van der Waals surface area contributed by atoms with Crippen LogP contribution in [-0.4, -0.2) is 32.0 Å². The molecule has 0 aromatic heterocycles. The number of rotatable bonds is 6. The Morgan fingerprint density at radius 1 is 1.29 bits per heavy atom. The fourth-order valence-electron chi connectivity index (χ4n) is 1.87. The van der Waals surface area contributed by atoms with Gasteiger partial charge in [0.05, 0.1) is 5.75 Å². The summed E-state index contributed by atoms with van der Waals surface area (Å²) in [4.78, 5) is 0. The van der Waals surface area contributed by atoms with Gasteiger partial charge in [0.1, 0.15) is 0 Å². The largest absolute Gasteiger partial charge is 0.310 e. The zero-order valence-electron chi connectivity index (χ0n) is 9.17. The van der Waals surface area contributed by atoms with Crippen LogP contribution in [0.3, 0.4) is 0 Å². The molecule has 3 nitrogen and oxygen atoms in total. The Hall–Kier alpha value is -0.0900. The van der Waals surface area contributed by atoms with Crippen molar-refractivity contribution < 1.29 is 8.42 Å². The van der Waals surface area contributed by atoms with Crippen molar-refractivity contribution in [1.82, 2.24) is 5.32 Å². The lowest BCUT2D eigenvalue weighted by molar-refractivity contribution is 0.182. The van der Waals surface area contributed by atoms with Gasteiger partial charge in [-0.25, -0.2) is 8.42 Å². The fraction of sp³-hybridized carbons (Fsp3) is 1.00. The molecule has 1 aliphatic rings. The monoisotopic (exact) mass is 219 g/mol. The molecule has 0 atom stereocenters. The van der Waals surface area contributed by atoms with Crippen LogP contribution in [0.25, 0.3) is 0 Å². The minimum absolute atomic E-state index is 0.258. The van der Waals surface area contributed by atoms with Gasteiger partial charge in [-0.2, -0.15) is 0 Å². The predicted octanol–water partition coefficient (Wildman–Crippen LogP) is 1.34. The highest BCUT2D eigenvalue weighted by atomic mass is 32.2. The van der Waals surface area contributed by atoms with E-state index < -0.39 is 9.84 Å². The second kappa shape index (κ2) is 4.62. The molecule has 0 spiro atoms. The quantitative estimate of drug-likeness (QED) is 0.733. The van der Waals surface area contributed by atoms with E-state index in [0.29, 0.717) is 6.54 Å². The first-order valence-electron chi connectivity index (χ1n) is 5.49. The van der Waals surface area contributed by atoms with Gasteiger partial charge in [-0.15, -0.1) is 0 Å². The van der Waals surface area contributed by atoms with Crippen molar-refractivity contribution in [2.75, 3.05) is 18.1 Å². The maximum atomic E-state index is 11.2. The van der Waals surface area contributed by atoms with E-state index in [4.69, 9.17) is 0 Å². The van der Waals surface area contributed by atoms with E-state index in [1.807, 2.05) is 0 Å². The van der Waals surface area contributed by atoms with Crippen molar-refractivity contribution in [3.63, 3.8) is 0 Å². The van der Waals surface area contributed by atoms with E-state index >= 15 is 0 Å². The van der Waals surface area contributed by atoms with Crippen LogP contribution < -0.4 is 5.32 Å². The topological polar surface area (TPSA) is 46.2 Å². The molecule has 1 aliphatic carbocycles. The minimum Gasteiger partial charge on any atom is -0.310 e. The molecule has 1 saturated carbocycles. The summed E-state index contributed by atoms with van der Waals surface area (Å²) in [6.07, 6.45) is 4.80. The average molecular weight is 219 g/mol. The molecular weight excluding hydrogens is 198 g/mol. The molecule has 84 valence electrons. The maximum Gasteiger partial charge on any atom is 0.151 e. The molecule has 0 unspecified atom stereocenters. The van der Waals surface area contributed by atoms with Crippen molar-refractivity contribution in [2.24, 2.45) is 0 Å². The van der Waals surface area contributed by atoms with Crippen LogP contribution in [0.2, 0.25) is 0 Å². The summed E-state index contributed by atoms with van der Waals surface area (Å²) in [5, 5.41) is 3.39. The lowest BCUT2D eigenvalue weighted by atomic mass is 9.75. The average Bonchev–Trinajstić information content (AvgIpc) is 2.10. The van der Waals surface area contributed by atoms with E-state index in [-0.39, 0.29) is 17.0 Å². The Morgan fingerprint density at radius 3 is 2.29 bits per heavy atom. The molecule has 0 aliphatic heterocycles. The van der Waals surface area contributed by atoms with Crippen molar-refractivity contribution in [2.45, 2.75) is 45.1 Å². The van der Waals surface area contributed by atoms with Gasteiger partial charge in [0.2, 0.25) is 0 Å². The van der Waals surface area contributed by atoms with Crippen molar-refractivity contribution in [3.05, 3.63) is 0 Å². The van der Waals surface area contributed by atoms with Gasteiger partial charge in [0, 0.05) is 17.8 Å². The Labute approximate surface area is 87.2 Å². The third-order valence-electron chi connectivity index (χ3n) is 3.34. The second-order valence-electron chi connectivity index (χ2n) is 4.15. The van der Waals surface area contributed by atoms with Crippen LogP contribution in [0.5, 0.6) is 0 Å². The first-order chi connectivity index (χ1) is 6.54. The van der Waals surface area contributed by atoms with Gasteiger partial charge in [0.25, 0.3) is 0 Å². The zero-order valence-corrected chi connectivity index (χ0v) is 9.99. The number of hydrogen-bond donors (Lipinski definition) is 1. The van der Waals surface area contributed by atoms with E-state index in [0.717, 1.165) is 6.42 Å². The highest BCUT2D eigenvalue weighted by molar-refractivity contribution is 7.91. The van der Waals surface area contributed by atoms with Gasteiger partial charge in [-0.3, -0.25) is 0 Å². The second-order valence-corrected chi connectivity index (χ2v) is 6.62. The minimum atomic E-state index is -2.80. The number of hydrogen-bond acceptors (Lipinski definition) is 3. The van der Waals surface area contributed by atoms with E-state index in [1.54, 1.807) is 6.92 Å². The first-order valence-corrected chi connectivity index (χ1v) is 7.31. The van der Waals surface area contributed by atoms with E-state index in [2.05, 4.69) is 12.2 Å². The maximum absolute atomic E-state index is 11.2. The molecule has 0 bridgehead atoms. The number of nitrogens with one attached hydrogen (secondary N) is 1. The normalized spacial score (nSPS) is 20.4. The van der Waals surface area contributed by atoms with Crippen LogP contribution >= 0.6 is 0 Å². The van der Waals surface area contributed by atoms with Gasteiger partial charge in [-0.05, 0) is 25.7 Å². The Kier molecular flexibility index (Phi) is 3.95. The molecule has 0 aromatic rings.